The second-order valence-corrected chi connectivity index (χ2v) is 4.72. The maximum absolute atomic E-state index is 13.6. The zero-order chi connectivity index (χ0) is 14.8. The number of aromatic nitrogens is 1. The van der Waals surface area contributed by atoms with E-state index in [9.17, 15) is 13.6 Å². The summed E-state index contributed by atoms with van der Waals surface area (Å²) in [7, 11) is 0. The van der Waals surface area contributed by atoms with Crippen LogP contribution in [0.3, 0.4) is 0 Å². The lowest BCUT2D eigenvalue weighted by atomic mass is 10.00. The Hall–Kier alpha value is -2.62. The molecule has 3 aromatic rings. The van der Waals surface area contributed by atoms with E-state index >= 15 is 0 Å². The van der Waals surface area contributed by atoms with Crippen molar-refractivity contribution in [2.24, 2.45) is 0 Å². The molecule has 0 aliphatic heterocycles. The van der Waals surface area contributed by atoms with Gasteiger partial charge in [0.2, 0.25) is 0 Å². The fraction of sp³-hybridized carbons (Fsp3) is 0.0588. The van der Waals surface area contributed by atoms with Crippen LogP contribution in [0.4, 0.5) is 8.78 Å². The smallest absolute Gasteiger partial charge is 0.169 e. The van der Waals surface area contributed by atoms with E-state index in [2.05, 4.69) is 4.98 Å². The van der Waals surface area contributed by atoms with Gasteiger partial charge in [-0.2, -0.15) is 0 Å². The molecule has 0 saturated carbocycles. The number of benzene rings is 2. The van der Waals surface area contributed by atoms with E-state index in [1.165, 1.54) is 0 Å². The molecular weight excluding hydrogens is 272 g/mol. The second kappa shape index (κ2) is 5.40. The summed E-state index contributed by atoms with van der Waals surface area (Å²) in [5.74, 6) is -1.43. The number of nitrogens with zero attached hydrogens (tertiary/aromatic N) is 1. The molecule has 2 nitrogen and oxygen atoms in total. The predicted octanol–water partition coefficient (Wildman–Crippen LogP) is 3.94. The van der Waals surface area contributed by atoms with E-state index in [1.807, 2.05) is 12.1 Å². The Bertz CT molecular complexity index is 825. The lowest BCUT2D eigenvalue weighted by Gasteiger charge is -2.06. The predicted molar refractivity (Wildman–Crippen MR) is 76.1 cm³/mol. The number of Topliss-reactive ketones (excluding diaryl/α,β-unsaturated/α-hetero) is 1. The lowest BCUT2D eigenvalue weighted by molar-refractivity contribution is 0.0993. The normalized spacial score (nSPS) is 10.8. The van der Waals surface area contributed by atoms with Gasteiger partial charge < -0.3 is 0 Å². The van der Waals surface area contributed by atoms with Crippen LogP contribution < -0.4 is 0 Å². The van der Waals surface area contributed by atoms with E-state index in [-0.39, 0.29) is 17.8 Å². The molecule has 2 aromatic carbocycles. The van der Waals surface area contributed by atoms with Gasteiger partial charge in [-0.25, -0.2) is 8.78 Å². The highest BCUT2D eigenvalue weighted by atomic mass is 19.1. The topological polar surface area (TPSA) is 30.0 Å². The first kappa shape index (κ1) is 13.4. The van der Waals surface area contributed by atoms with E-state index in [4.69, 9.17) is 0 Å². The van der Waals surface area contributed by atoms with Crippen molar-refractivity contribution in [3.05, 3.63) is 77.5 Å². The number of fused-ring (bicyclic) bond motifs is 1. The average Bonchev–Trinajstić information content (AvgIpc) is 2.50. The van der Waals surface area contributed by atoms with Gasteiger partial charge in [-0.05, 0) is 35.9 Å². The number of hydrogen-bond donors (Lipinski definition) is 0. The number of ketones is 1. The summed E-state index contributed by atoms with van der Waals surface area (Å²) in [5.41, 5.74) is 1.03. The van der Waals surface area contributed by atoms with Gasteiger partial charge in [0.05, 0.1) is 5.52 Å². The molecule has 0 amide bonds. The number of para-hydroxylation sites is 1. The van der Waals surface area contributed by atoms with Gasteiger partial charge in [-0.1, -0.05) is 18.2 Å². The Labute approximate surface area is 120 Å². The molecule has 4 heteroatoms. The fourth-order valence-electron chi connectivity index (χ4n) is 2.28. The number of hydrogen-bond acceptors (Lipinski definition) is 2. The van der Waals surface area contributed by atoms with Gasteiger partial charge in [0, 0.05) is 23.6 Å². The largest absolute Gasteiger partial charge is 0.294 e. The third kappa shape index (κ3) is 2.65. The summed E-state index contributed by atoms with van der Waals surface area (Å²) < 4.78 is 26.8. The minimum Gasteiger partial charge on any atom is -0.294 e. The summed E-state index contributed by atoms with van der Waals surface area (Å²) in [6.07, 6.45) is 1.40. The van der Waals surface area contributed by atoms with Crippen molar-refractivity contribution in [3.8, 4) is 0 Å². The average molecular weight is 283 g/mol. The Kier molecular flexibility index (Phi) is 3.44. The molecular formula is C17H11F2NO. The number of rotatable bonds is 3. The van der Waals surface area contributed by atoms with Crippen LogP contribution >= 0.6 is 0 Å². The number of pyridine rings is 1. The fourth-order valence-corrected chi connectivity index (χ4v) is 2.28. The minimum atomic E-state index is -0.585. The highest BCUT2D eigenvalue weighted by Gasteiger charge is 2.14. The van der Waals surface area contributed by atoms with Crippen LogP contribution in [0.15, 0.2) is 54.7 Å². The lowest BCUT2D eigenvalue weighted by Crippen LogP contribution is -2.07. The Morgan fingerprint density at radius 2 is 1.86 bits per heavy atom. The van der Waals surface area contributed by atoms with Crippen LogP contribution in [0.5, 0.6) is 0 Å². The van der Waals surface area contributed by atoms with Crippen molar-refractivity contribution >= 4 is 16.7 Å². The van der Waals surface area contributed by atoms with Crippen molar-refractivity contribution in [1.82, 2.24) is 4.98 Å². The molecule has 1 aromatic heterocycles. The van der Waals surface area contributed by atoms with Crippen molar-refractivity contribution in [1.29, 1.82) is 0 Å². The molecule has 0 aliphatic rings. The van der Waals surface area contributed by atoms with Gasteiger partial charge in [0.1, 0.15) is 11.6 Å². The monoisotopic (exact) mass is 283 g/mol. The molecule has 21 heavy (non-hydrogen) atoms. The van der Waals surface area contributed by atoms with E-state index in [0.717, 1.165) is 23.6 Å². The van der Waals surface area contributed by atoms with Crippen LogP contribution in [0.1, 0.15) is 15.9 Å². The minimum absolute atomic E-state index is 0.0490. The van der Waals surface area contributed by atoms with Crippen LogP contribution in [0.2, 0.25) is 0 Å². The highest BCUT2D eigenvalue weighted by Crippen LogP contribution is 2.19. The summed E-state index contributed by atoms with van der Waals surface area (Å²) in [5, 5.41) is 0.836. The molecule has 0 spiro atoms. The zero-order valence-corrected chi connectivity index (χ0v) is 11.0. The summed E-state index contributed by atoms with van der Waals surface area (Å²) in [6, 6.07) is 12.0. The number of carbonyl (C=O) groups is 1. The van der Waals surface area contributed by atoms with E-state index in [1.54, 1.807) is 24.4 Å². The first-order valence-electron chi connectivity index (χ1n) is 6.46. The third-order valence-electron chi connectivity index (χ3n) is 3.29. The van der Waals surface area contributed by atoms with Crippen LogP contribution in [-0.2, 0) is 6.42 Å². The molecule has 0 bridgehead atoms. The Morgan fingerprint density at radius 1 is 1.05 bits per heavy atom. The SMILES string of the molecule is O=C(Cc1cc(F)ccc1F)c1cccc2cccnc12. The third-order valence-corrected chi connectivity index (χ3v) is 3.29. The van der Waals surface area contributed by atoms with Gasteiger partial charge in [-0.15, -0.1) is 0 Å². The summed E-state index contributed by atoms with van der Waals surface area (Å²) in [6.45, 7) is 0. The molecule has 104 valence electrons. The first-order chi connectivity index (χ1) is 10.1. The molecule has 1 heterocycles. The number of carbonyl (C=O) groups excluding carboxylic acids is 1. The molecule has 0 saturated heterocycles. The maximum Gasteiger partial charge on any atom is 0.169 e. The molecule has 0 aliphatic carbocycles. The molecule has 0 atom stereocenters. The Balaban J connectivity index is 1.99. The zero-order valence-electron chi connectivity index (χ0n) is 11.0. The van der Waals surface area contributed by atoms with Crippen LogP contribution in [0.25, 0.3) is 10.9 Å². The van der Waals surface area contributed by atoms with Crippen LogP contribution in [-0.4, -0.2) is 10.8 Å². The quantitative estimate of drug-likeness (QED) is 0.681. The van der Waals surface area contributed by atoms with Crippen molar-refractivity contribution in [2.45, 2.75) is 6.42 Å². The number of halogens is 2. The van der Waals surface area contributed by atoms with Gasteiger partial charge >= 0.3 is 0 Å². The standard InChI is InChI=1S/C17H11F2NO/c18-13-6-7-15(19)12(9-13)10-16(21)14-5-1-3-11-4-2-8-20-17(11)14/h1-9H,10H2. The Morgan fingerprint density at radius 3 is 2.71 bits per heavy atom. The molecule has 0 radical (unpaired) electrons. The molecule has 0 N–H and O–H groups in total. The molecule has 0 fully saturated rings. The highest BCUT2D eigenvalue weighted by molar-refractivity contribution is 6.07. The maximum atomic E-state index is 13.6. The van der Waals surface area contributed by atoms with Gasteiger partial charge in [0.25, 0.3) is 0 Å². The van der Waals surface area contributed by atoms with Gasteiger partial charge in [-0.3, -0.25) is 9.78 Å². The summed E-state index contributed by atoms with van der Waals surface area (Å²) in [4.78, 5) is 16.6. The summed E-state index contributed by atoms with van der Waals surface area (Å²) >= 11 is 0. The van der Waals surface area contributed by atoms with E-state index < -0.39 is 11.6 Å². The second-order valence-electron chi connectivity index (χ2n) is 4.72. The first-order valence-corrected chi connectivity index (χ1v) is 6.46. The van der Waals surface area contributed by atoms with Crippen molar-refractivity contribution in [2.75, 3.05) is 0 Å². The van der Waals surface area contributed by atoms with Crippen molar-refractivity contribution in [3.63, 3.8) is 0 Å². The van der Waals surface area contributed by atoms with Crippen LogP contribution in [0, 0.1) is 11.6 Å². The van der Waals surface area contributed by atoms with E-state index in [0.29, 0.717) is 11.1 Å². The van der Waals surface area contributed by atoms with Gasteiger partial charge in [0.15, 0.2) is 5.78 Å². The molecule has 0 unspecified atom stereocenters. The molecule has 3 rings (SSSR count). The van der Waals surface area contributed by atoms with Crippen molar-refractivity contribution < 1.29 is 13.6 Å².